The van der Waals surface area contributed by atoms with Crippen LogP contribution in [0, 0.1) is 0 Å². The SMILES string of the molecule is CCCCCCCCCCCC/C=C\CCCC[C@@H](O)[C@@H](OC(C)=O)[C@H](CO[C@@H]1O[C@H](CO)[C@@H](O)[C@H](O)[C@H]1O)NC(=O)[C@H](O)CCCCCCCCCCCCCC. The molecule has 1 amide bonds. The molecule has 1 saturated heterocycles. The molecule has 0 radical (unpaired) electrons. The van der Waals surface area contributed by atoms with Crippen LogP contribution in [0.2, 0.25) is 0 Å². The molecule has 12 heteroatoms. The molecule has 0 saturated carbocycles. The standard InChI is InChI=1S/C46H87NO11/c1-4-6-8-10-12-14-16-18-19-20-21-23-24-26-28-30-32-38(50)44(57-36(3)49)37(35-56-46-43(54)42(53)41(52)40(34-48)58-46)47-45(55)39(51)33-31-29-27-25-22-17-15-13-11-9-7-5-2/h23-24,37-44,46,48,50-54H,4-22,25-35H2,1-3H3,(H,47,55)/b24-23-/t37-,38+,39+,40+,41+,42-,43+,44-,46+/m0/s1. The Labute approximate surface area is 351 Å². The van der Waals surface area contributed by atoms with Gasteiger partial charge < -0.3 is 50.2 Å². The second kappa shape index (κ2) is 36.1. The summed E-state index contributed by atoms with van der Waals surface area (Å²) >= 11 is 0. The number of aliphatic hydroxyl groups is 6. The van der Waals surface area contributed by atoms with Crippen LogP contribution in [0.3, 0.4) is 0 Å². The molecule has 9 atom stereocenters. The van der Waals surface area contributed by atoms with Gasteiger partial charge in [0.15, 0.2) is 6.29 Å². The Morgan fingerprint density at radius 1 is 0.638 bits per heavy atom. The monoisotopic (exact) mass is 830 g/mol. The molecule has 58 heavy (non-hydrogen) atoms. The minimum Gasteiger partial charge on any atom is -0.457 e. The molecule has 0 aliphatic carbocycles. The fourth-order valence-electron chi connectivity index (χ4n) is 7.60. The van der Waals surface area contributed by atoms with Crippen LogP contribution >= 0.6 is 0 Å². The third-order valence-electron chi connectivity index (χ3n) is 11.3. The molecule has 342 valence electrons. The van der Waals surface area contributed by atoms with Crippen LogP contribution < -0.4 is 5.32 Å². The van der Waals surface area contributed by atoms with Gasteiger partial charge in [-0.05, 0) is 38.5 Å². The lowest BCUT2D eigenvalue weighted by Gasteiger charge is -2.40. The molecule has 0 aromatic heterocycles. The average Bonchev–Trinajstić information content (AvgIpc) is 3.21. The van der Waals surface area contributed by atoms with E-state index in [1.165, 1.54) is 122 Å². The van der Waals surface area contributed by atoms with E-state index in [1.54, 1.807) is 0 Å². The summed E-state index contributed by atoms with van der Waals surface area (Å²) in [6.07, 6.45) is 23.6. The van der Waals surface area contributed by atoms with Crippen molar-refractivity contribution in [1.82, 2.24) is 5.32 Å². The largest absolute Gasteiger partial charge is 0.457 e. The van der Waals surface area contributed by atoms with Crippen molar-refractivity contribution in [1.29, 1.82) is 0 Å². The first kappa shape index (κ1) is 54.4. The van der Waals surface area contributed by atoms with Crippen LogP contribution in [-0.4, -0.2) is 111 Å². The fourth-order valence-corrected chi connectivity index (χ4v) is 7.60. The lowest BCUT2D eigenvalue weighted by atomic mass is 9.98. The quantitative estimate of drug-likeness (QED) is 0.0186. The van der Waals surface area contributed by atoms with E-state index in [0.29, 0.717) is 12.8 Å². The molecule has 0 aromatic rings. The van der Waals surface area contributed by atoms with Gasteiger partial charge in [-0.2, -0.15) is 0 Å². The molecule has 1 aliphatic rings. The number of rotatable bonds is 38. The van der Waals surface area contributed by atoms with E-state index in [1.807, 2.05) is 0 Å². The summed E-state index contributed by atoms with van der Waals surface area (Å²) in [7, 11) is 0. The van der Waals surface area contributed by atoms with Crippen molar-refractivity contribution in [3.8, 4) is 0 Å². The van der Waals surface area contributed by atoms with E-state index in [0.717, 1.165) is 38.5 Å². The predicted molar refractivity (Wildman–Crippen MR) is 229 cm³/mol. The van der Waals surface area contributed by atoms with E-state index in [9.17, 15) is 40.2 Å². The molecule has 1 heterocycles. The van der Waals surface area contributed by atoms with Crippen molar-refractivity contribution < 1.29 is 54.4 Å². The molecule has 1 fully saturated rings. The number of ether oxygens (including phenoxy) is 3. The maximum atomic E-state index is 13.3. The number of hydrogen-bond donors (Lipinski definition) is 7. The lowest BCUT2D eigenvalue weighted by molar-refractivity contribution is -0.303. The summed E-state index contributed by atoms with van der Waals surface area (Å²) in [5.74, 6) is -1.41. The van der Waals surface area contributed by atoms with Crippen molar-refractivity contribution in [3.63, 3.8) is 0 Å². The zero-order valence-electron chi connectivity index (χ0n) is 36.8. The molecule has 0 unspecified atom stereocenters. The molecule has 12 nitrogen and oxygen atoms in total. The maximum absolute atomic E-state index is 13.3. The highest BCUT2D eigenvalue weighted by molar-refractivity contribution is 5.80. The van der Waals surface area contributed by atoms with Gasteiger partial charge in [0.25, 0.3) is 0 Å². The molecule has 0 aromatic carbocycles. The van der Waals surface area contributed by atoms with Crippen molar-refractivity contribution in [3.05, 3.63) is 12.2 Å². The number of hydrogen-bond acceptors (Lipinski definition) is 11. The maximum Gasteiger partial charge on any atom is 0.303 e. The van der Waals surface area contributed by atoms with Crippen LogP contribution in [0.5, 0.6) is 0 Å². The number of carbonyl (C=O) groups excluding carboxylic acids is 2. The number of unbranched alkanes of at least 4 members (excludes halogenated alkanes) is 23. The normalized spacial score (nSPS) is 21.8. The first-order chi connectivity index (χ1) is 28.1. The summed E-state index contributed by atoms with van der Waals surface area (Å²) in [5, 5.41) is 65.4. The van der Waals surface area contributed by atoms with Crippen LogP contribution in [0.4, 0.5) is 0 Å². The summed E-state index contributed by atoms with van der Waals surface area (Å²) in [4.78, 5) is 25.6. The highest BCUT2D eigenvalue weighted by Crippen LogP contribution is 2.24. The number of amides is 1. The Morgan fingerprint density at radius 3 is 1.57 bits per heavy atom. The summed E-state index contributed by atoms with van der Waals surface area (Å²) < 4.78 is 16.8. The third kappa shape index (κ3) is 25.9. The lowest BCUT2D eigenvalue weighted by Crippen LogP contribution is -2.60. The van der Waals surface area contributed by atoms with E-state index < -0.39 is 80.1 Å². The minimum absolute atomic E-state index is 0.233. The molecule has 0 bridgehead atoms. The summed E-state index contributed by atoms with van der Waals surface area (Å²) in [6, 6.07) is -1.17. The van der Waals surface area contributed by atoms with Gasteiger partial charge in [0, 0.05) is 6.92 Å². The predicted octanol–water partition coefficient (Wildman–Crippen LogP) is 7.46. The van der Waals surface area contributed by atoms with Crippen molar-refractivity contribution >= 4 is 11.9 Å². The number of esters is 1. The van der Waals surface area contributed by atoms with E-state index >= 15 is 0 Å². The van der Waals surface area contributed by atoms with Crippen LogP contribution in [0.25, 0.3) is 0 Å². The first-order valence-electron chi connectivity index (χ1n) is 23.5. The van der Waals surface area contributed by atoms with Crippen molar-refractivity contribution in [2.24, 2.45) is 0 Å². The number of aliphatic hydroxyl groups excluding tert-OH is 6. The van der Waals surface area contributed by atoms with Gasteiger partial charge >= 0.3 is 5.97 Å². The fraction of sp³-hybridized carbons (Fsp3) is 0.913. The first-order valence-corrected chi connectivity index (χ1v) is 23.5. The smallest absolute Gasteiger partial charge is 0.303 e. The number of carbonyl (C=O) groups is 2. The Hall–Kier alpha value is -1.64. The van der Waals surface area contributed by atoms with Crippen LogP contribution in [0.15, 0.2) is 12.2 Å². The van der Waals surface area contributed by atoms with Crippen LogP contribution in [0.1, 0.15) is 201 Å². The van der Waals surface area contributed by atoms with Gasteiger partial charge in [0.2, 0.25) is 5.91 Å². The van der Waals surface area contributed by atoms with E-state index in [-0.39, 0.29) is 12.8 Å². The van der Waals surface area contributed by atoms with Gasteiger partial charge in [-0.15, -0.1) is 0 Å². The summed E-state index contributed by atoms with van der Waals surface area (Å²) in [5.41, 5.74) is 0. The average molecular weight is 830 g/mol. The Morgan fingerprint density at radius 2 is 1.09 bits per heavy atom. The molecular formula is C46H87NO11. The third-order valence-corrected chi connectivity index (χ3v) is 11.3. The Kier molecular flexibility index (Phi) is 33.8. The zero-order chi connectivity index (χ0) is 42.8. The Balaban J connectivity index is 2.68. The van der Waals surface area contributed by atoms with Crippen molar-refractivity contribution in [2.75, 3.05) is 13.2 Å². The van der Waals surface area contributed by atoms with Gasteiger partial charge in [0.05, 0.1) is 25.4 Å². The molecule has 1 aliphatic heterocycles. The molecule has 7 N–H and O–H groups in total. The van der Waals surface area contributed by atoms with Gasteiger partial charge in [-0.25, -0.2) is 0 Å². The minimum atomic E-state index is -1.69. The number of nitrogens with one attached hydrogen (secondary N) is 1. The van der Waals surface area contributed by atoms with Crippen molar-refractivity contribution in [2.45, 2.75) is 256 Å². The molecular weight excluding hydrogens is 743 g/mol. The van der Waals surface area contributed by atoms with Gasteiger partial charge in [-0.1, -0.05) is 167 Å². The topological polar surface area (TPSA) is 195 Å². The van der Waals surface area contributed by atoms with Crippen LogP contribution in [-0.2, 0) is 23.8 Å². The highest BCUT2D eigenvalue weighted by atomic mass is 16.7. The second-order valence-electron chi connectivity index (χ2n) is 16.7. The summed E-state index contributed by atoms with van der Waals surface area (Å²) in [6.45, 7) is 4.56. The van der Waals surface area contributed by atoms with Gasteiger partial charge in [0.1, 0.15) is 36.6 Å². The molecule has 1 rings (SSSR count). The highest BCUT2D eigenvalue weighted by Gasteiger charge is 2.45. The second-order valence-corrected chi connectivity index (χ2v) is 16.7. The Bertz CT molecular complexity index is 1010. The van der Waals surface area contributed by atoms with E-state index in [4.69, 9.17) is 14.2 Å². The van der Waals surface area contributed by atoms with Gasteiger partial charge in [-0.3, -0.25) is 9.59 Å². The number of allylic oxidation sites excluding steroid dienone is 2. The zero-order valence-corrected chi connectivity index (χ0v) is 36.8. The molecule has 0 spiro atoms. The van der Waals surface area contributed by atoms with E-state index in [2.05, 4.69) is 31.3 Å².